The molecule has 0 aliphatic heterocycles. The molecule has 3 aromatic carbocycles. The lowest BCUT2D eigenvalue weighted by molar-refractivity contribution is 1.58. The van der Waals surface area contributed by atoms with Gasteiger partial charge >= 0.3 is 0 Å². The molecule has 3 aromatic rings. The molecule has 0 radical (unpaired) electrons. The Labute approximate surface area is 125 Å². The molecule has 0 aliphatic rings. The normalized spacial score (nSPS) is 14.1. The third-order valence-corrected chi connectivity index (χ3v) is 3.07. The van der Waals surface area contributed by atoms with Crippen molar-refractivity contribution in [1.82, 2.24) is 0 Å². The first-order chi connectivity index (χ1) is 11.4. The molecule has 3 rings (SSSR count). The molecule has 0 spiro atoms. The van der Waals surface area contributed by atoms with E-state index in [1.807, 2.05) is 30.3 Å². The van der Waals surface area contributed by atoms with Crippen LogP contribution in [-0.2, 0) is 0 Å². The fraction of sp³-hybridized carbons (Fsp3) is 0. The first-order valence-electron chi connectivity index (χ1n) is 8.34. The maximum atomic E-state index is 8.19. The molecule has 0 saturated carbocycles. The van der Waals surface area contributed by atoms with Crippen molar-refractivity contribution in [3.63, 3.8) is 0 Å². The van der Waals surface area contributed by atoms with Gasteiger partial charge in [0.2, 0.25) is 0 Å². The average molecular weight is 270 g/mol. The van der Waals surface area contributed by atoms with Gasteiger partial charge in [0.15, 0.2) is 0 Å². The fourth-order valence-corrected chi connectivity index (χ4v) is 2.15. The Hall–Kier alpha value is -2.05. The van der Waals surface area contributed by atoms with Gasteiger partial charge in [-0.1, -0.05) is 78.2 Å². The smallest absolute Gasteiger partial charge is 0.0629 e. The first kappa shape index (κ1) is 7.52. The highest BCUT2D eigenvalue weighted by atomic mass is 35.5. The lowest BCUT2D eigenvalue weighted by Crippen LogP contribution is -1.85. The molecule has 1 heteroatoms. The predicted octanol–water partition coefficient (Wildman–Crippen LogP) is 5.67. The van der Waals surface area contributed by atoms with E-state index in [1.54, 1.807) is 18.2 Å². The highest BCUT2D eigenvalue weighted by Gasteiger charge is 2.07. The number of rotatable bonds is 2. The van der Waals surface area contributed by atoms with Crippen LogP contribution in [0, 0.1) is 0 Å². The minimum absolute atomic E-state index is 0.155. The average Bonchev–Trinajstić information content (AvgIpc) is 2.59. The number of hydrogen-bond acceptors (Lipinski definition) is 0. The minimum atomic E-state index is -0.406. The highest BCUT2D eigenvalue weighted by Crippen LogP contribution is 2.33. The summed E-state index contributed by atoms with van der Waals surface area (Å²) >= 11 is 6.12. The van der Waals surface area contributed by atoms with Crippen LogP contribution in [0.15, 0.2) is 78.7 Å². The third kappa shape index (κ3) is 2.54. The van der Waals surface area contributed by atoms with Crippen molar-refractivity contribution in [2.24, 2.45) is 0 Å². The summed E-state index contributed by atoms with van der Waals surface area (Å²) < 4.78 is 39.9. The number of halogens is 1. The maximum absolute atomic E-state index is 8.19. The first-order valence-corrected chi connectivity index (χ1v) is 6.22. The van der Waals surface area contributed by atoms with Crippen molar-refractivity contribution >= 4 is 11.6 Å². The van der Waals surface area contributed by atoms with Crippen molar-refractivity contribution in [1.29, 1.82) is 0 Å². The molecule has 19 heavy (non-hydrogen) atoms. The van der Waals surface area contributed by atoms with Crippen LogP contribution in [-0.4, -0.2) is 0 Å². The van der Waals surface area contributed by atoms with Crippen molar-refractivity contribution in [3.05, 3.63) is 83.8 Å². The zero-order valence-corrected chi connectivity index (χ0v) is 10.8. The van der Waals surface area contributed by atoms with Crippen LogP contribution in [0.4, 0.5) is 0 Å². The number of benzene rings is 3. The van der Waals surface area contributed by atoms with Crippen LogP contribution >= 0.6 is 11.6 Å². The van der Waals surface area contributed by atoms with Gasteiger partial charge in [-0.25, -0.2) is 0 Å². The highest BCUT2D eigenvalue weighted by molar-refractivity contribution is 6.31. The molecule has 0 bridgehead atoms. The van der Waals surface area contributed by atoms with Gasteiger partial charge in [0.1, 0.15) is 0 Å². The Morgan fingerprint density at radius 3 is 2.21 bits per heavy atom. The van der Waals surface area contributed by atoms with Crippen molar-refractivity contribution in [2.75, 3.05) is 0 Å². The van der Waals surface area contributed by atoms with E-state index in [4.69, 9.17) is 18.5 Å². The van der Waals surface area contributed by atoms with Crippen LogP contribution < -0.4 is 0 Å². The van der Waals surface area contributed by atoms with Crippen LogP contribution in [0.2, 0.25) is 5.02 Å². The Bertz CT molecular complexity index is 893. The quantitative estimate of drug-likeness (QED) is 0.562. The summed E-state index contributed by atoms with van der Waals surface area (Å²) in [5, 5.41) is 0.441. The Morgan fingerprint density at radius 1 is 0.737 bits per heavy atom. The van der Waals surface area contributed by atoms with E-state index in [2.05, 4.69) is 0 Å². The van der Waals surface area contributed by atoms with Crippen LogP contribution in [0.1, 0.15) is 6.85 Å². The molecule has 0 heterocycles. The topological polar surface area (TPSA) is 0 Å². The summed E-state index contributed by atoms with van der Waals surface area (Å²) in [6.07, 6.45) is 0. The lowest BCUT2D eigenvalue weighted by atomic mass is 9.95. The van der Waals surface area contributed by atoms with Gasteiger partial charge in [-0.15, -0.1) is 0 Å². The Kier molecular flexibility index (Phi) is 2.09. The van der Waals surface area contributed by atoms with Crippen LogP contribution in [0.25, 0.3) is 22.3 Å². The summed E-state index contributed by atoms with van der Waals surface area (Å²) in [6.45, 7) is 0. The summed E-state index contributed by atoms with van der Waals surface area (Å²) in [6, 6.07) is 13.0. The summed E-state index contributed by atoms with van der Waals surface area (Å²) in [4.78, 5) is 0. The van der Waals surface area contributed by atoms with E-state index in [9.17, 15) is 0 Å². The largest absolute Gasteiger partial charge is 0.0843 e. The molecule has 0 saturated heterocycles. The summed E-state index contributed by atoms with van der Waals surface area (Å²) in [5.41, 5.74) is 2.32. The maximum Gasteiger partial charge on any atom is 0.0629 e. The molecule has 0 amide bonds. The second-order valence-electron chi connectivity index (χ2n) is 4.06. The van der Waals surface area contributed by atoms with E-state index in [-0.39, 0.29) is 29.7 Å². The van der Waals surface area contributed by atoms with Gasteiger partial charge in [-0.2, -0.15) is 0 Å². The summed E-state index contributed by atoms with van der Waals surface area (Å²) in [7, 11) is 0. The third-order valence-electron chi connectivity index (χ3n) is 2.84. The molecule has 92 valence electrons. The second kappa shape index (κ2) is 5.29. The van der Waals surface area contributed by atoms with Crippen LogP contribution in [0.5, 0.6) is 0 Å². The Balaban J connectivity index is 2.38. The molecule has 0 aliphatic carbocycles. The molecule has 0 N–H and O–H groups in total. The SMILES string of the molecule is [2H]c1c([2H])c([2H])c(-c2cc(Cl)ccc2-c2ccccc2)c([2H])c1[2H]. The van der Waals surface area contributed by atoms with E-state index in [1.165, 1.54) is 0 Å². The van der Waals surface area contributed by atoms with Gasteiger partial charge in [0.05, 0.1) is 6.85 Å². The zero-order valence-electron chi connectivity index (χ0n) is 15.0. The van der Waals surface area contributed by atoms with Gasteiger partial charge in [0, 0.05) is 5.02 Å². The van der Waals surface area contributed by atoms with Gasteiger partial charge in [0.25, 0.3) is 0 Å². The van der Waals surface area contributed by atoms with E-state index in [0.29, 0.717) is 10.6 Å². The fourth-order valence-electron chi connectivity index (χ4n) is 1.98. The van der Waals surface area contributed by atoms with E-state index >= 15 is 0 Å². The summed E-state index contributed by atoms with van der Waals surface area (Å²) in [5.74, 6) is 0. The molecule has 0 unspecified atom stereocenters. The molecular formula is C18H13Cl. The lowest BCUT2D eigenvalue weighted by Gasteiger charge is -2.10. The zero-order chi connectivity index (χ0) is 17.4. The second-order valence-corrected chi connectivity index (χ2v) is 4.49. The predicted molar refractivity (Wildman–Crippen MR) is 82.3 cm³/mol. The van der Waals surface area contributed by atoms with E-state index in [0.717, 1.165) is 11.1 Å². The molecule has 0 aromatic heterocycles. The van der Waals surface area contributed by atoms with Crippen molar-refractivity contribution in [2.45, 2.75) is 0 Å². The molecule has 0 nitrogen and oxygen atoms in total. The molecule has 0 fully saturated rings. The minimum Gasteiger partial charge on any atom is -0.0843 e. The van der Waals surface area contributed by atoms with Gasteiger partial charge in [-0.05, 0) is 34.4 Å². The molecule has 0 atom stereocenters. The van der Waals surface area contributed by atoms with Crippen LogP contribution in [0.3, 0.4) is 0 Å². The van der Waals surface area contributed by atoms with Gasteiger partial charge in [-0.3, -0.25) is 0 Å². The number of hydrogen-bond donors (Lipinski definition) is 0. The van der Waals surface area contributed by atoms with Crippen molar-refractivity contribution < 1.29 is 6.85 Å². The van der Waals surface area contributed by atoms with Gasteiger partial charge < -0.3 is 0 Å². The molecular weight excluding hydrogens is 252 g/mol. The standard InChI is InChI=1S/C18H13Cl/c19-16-11-12-17(14-7-3-1-4-8-14)18(13-16)15-9-5-2-6-10-15/h1-13H/i2D,5D,6D,9D,10D. The monoisotopic (exact) mass is 269 g/mol. The van der Waals surface area contributed by atoms with E-state index < -0.39 is 6.04 Å². The van der Waals surface area contributed by atoms with Crippen molar-refractivity contribution in [3.8, 4) is 22.3 Å². The Morgan fingerprint density at radius 2 is 1.47 bits per heavy atom.